The average Bonchev–Trinajstić information content (AvgIpc) is 3.38. The van der Waals surface area contributed by atoms with Crippen molar-refractivity contribution >= 4 is 11.9 Å². The molecule has 0 saturated carbocycles. The van der Waals surface area contributed by atoms with Gasteiger partial charge in [0.15, 0.2) is 0 Å². The van der Waals surface area contributed by atoms with E-state index in [1.165, 1.54) is 4.90 Å². The molecule has 1 aliphatic heterocycles. The summed E-state index contributed by atoms with van der Waals surface area (Å²) in [6.45, 7) is 0.646. The SMILES string of the molecule is O=C(O)C1Cc2ccc(OCCc3coc(-c4ccccc4)n3)cc2CN1C(=O)Cc1ccccc1. The maximum absolute atomic E-state index is 13.0. The Morgan fingerprint density at radius 3 is 2.50 bits per heavy atom. The molecule has 1 aliphatic rings. The standard InChI is InChI=1S/C29H26N2O5/c32-27(15-20-7-3-1-4-8-20)31-18-23-16-25(12-11-22(23)17-26(31)29(33)34)35-14-13-24-19-36-28(30-24)21-9-5-2-6-10-21/h1-12,16,19,26H,13-15,17-18H2,(H,33,34). The van der Waals surface area contributed by atoms with Gasteiger partial charge in [0.1, 0.15) is 18.1 Å². The topological polar surface area (TPSA) is 92.9 Å². The predicted molar refractivity (Wildman–Crippen MR) is 133 cm³/mol. The van der Waals surface area contributed by atoms with Gasteiger partial charge < -0.3 is 19.2 Å². The largest absolute Gasteiger partial charge is 0.493 e. The minimum absolute atomic E-state index is 0.165. The summed E-state index contributed by atoms with van der Waals surface area (Å²) in [6.07, 6.45) is 2.66. The number of hydrogen-bond acceptors (Lipinski definition) is 5. The van der Waals surface area contributed by atoms with Crippen molar-refractivity contribution < 1.29 is 23.8 Å². The minimum atomic E-state index is -0.995. The van der Waals surface area contributed by atoms with Crippen LogP contribution in [0.2, 0.25) is 0 Å². The van der Waals surface area contributed by atoms with Crippen molar-refractivity contribution in [2.24, 2.45) is 0 Å². The van der Waals surface area contributed by atoms with Crippen molar-refractivity contribution in [3.05, 3.63) is 108 Å². The van der Waals surface area contributed by atoms with Crippen LogP contribution in [0, 0.1) is 0 Å². The summed E-state index contributed by atoms with van der Waals surface area (Å²) in [5.41, 5.74) is 4.40. The van der Waals surface area contributed by atoms with Gasteiger partial charge in [-0.05, 0) is 41.0 Å². The number of carboxylic acids is 1. The first-order chi connectivity index (χ1) is 17.6. The number of carboxylic acid groups (broad SMARTS) is 1. The van der Waals surface area contributed by atoms with Gasteiger partial charge in [-0.1, -0.05) is 54.6 Å². The molecule has 0 saturated heterocycles. The van der Waals surface area contributed by atoms with Gasteiger partial charge in [-0.25, -0.2) is 9.78 Å². The molecule has 0 aliphatic carbocycles. The predicted octanol–water partition coefficient (Wildman–Crippen LogP) is 4.54. The Kier molecular flexibility index (Phi) is 6.80. The van der Waals surface area contributed by atoms with E-state index in [9.17, 15) is 14.7 Å². The van der Waals surface area contributed by atoms with Gasteiger partial charge >= 0.3 is 5.97 Å². The number of aromatic nitrogens is 1. The number of carbonyl (C=O) groups is 2. The van der Waals surface area contributed by atoms with E-state index in [4.69, 9.17) is 9.15 Å². The molecule has 1 unspecified atom stereocenters. The number of fused-ring (bicyclic) bond motifs is 1. The first-order valence-electron chi connectivity index (χ1n) is 11.9. The summed E-state index contributed by atoms with van der Waals surface area (Å²) in [4.78, 5) is 30.9. The molecule has 1 atom stereocenters. The smallest absolute Gasteiger partial charge is 0.326 e. The molecular weight excluding hydrogens is 456 g/mol. The number of aliphatic carboxylic acids is 1. The van der Waals surface area contributed by atoms with E-state index in [2.05, 4.69) is 4.98 Å². The molecule has 5 rings (SSSR count). The molecule has 1 N–H and O–H groups in total. The summed E-state index contributed by atoms with van der Waals surface area (Å²) >= 11 is 0. The van der Waals surface area contributed by atoms with Crippen molar-refractivity contribution in [2.45, 2.75) is 31.8 Å². The highest BCUT2D eigenvalue weighted by molar-refractivity contribution is 5.85. The Hall–Kier alpha value is -4.39. The highest BCUT2D eigenvalue weighted by atomic mass is 16.5. The second-order valence-electron chi connectivity index (χ2n) is 8.78. The number of benzene rings is 3. The average molecular weight is 483 g/mol. The van der Waals surface area contributed by atoms with Crippen LogP contribution in [0.3, 0.4) is 0 Å². The summed E-state index contributed by atoms with van der Waals surface area (Å²) in [5, 5.41) is 9.77. The minimum Gasteiger partial charge on any atom is -0.493 e. The Morgan fingerprint density at radius 2 is 1.75 bits per heavy atom. The lowest BCUT2D eigenvalue weighted by atomic mass is 9.93. The highest BCUT2D eigenvalue weighted by Crippen LogP contribution is 2.28. The second-order valence-corrected chi connectivity index (χ2v) is 8.78. The Morgan fingerprint density at radius 1 is 1.00 bits per heavy atom. The van der Waals surface area contributed by atoms with Gasteiger partial charge in [-0.2, -0.15) is 0 Å². The number of rotatable bonds is 8. The Balaban J connectivity index is 1.24. The molecule has 0 bridgehead atoms. The van der Waals surface area contributed by atoms with Gasteiger partial charge in [0.25, 0.3) is 0 Å². The van der Waals surface area contributed by atoms with E-state index >= 15 is 0 Å². The van der Waals surface area contributed by atoms with Gasteiger partial charge in [-0.15, -0.1) is 0 Å². The van der Waals surface area contributed by atoms with Crippen molar-refractivity contribution in [3.63, 3.8) is 0 Å². The monoisotopic (exact) mass is 482 g/mol. The number of carbonyl (C=O) groups excluding carboxylic acids is 1. The van der Waals surface area contributed by atoms with E-state index in [0.717, 1.165) is 27.9 Å². The number of ether oxygens (including phenoxy) is 1. The lowest BCUT2D eigenvalue weighted by Gasteiger charge is -2.34. The molecule has 3 aromatic carbocycles. The van der Waals surface area contributed by atoms with Crippen LogP contribution in [0.5, 0.6) is 5.75 Å². The van der Waals surface area contributed by atoms with Crippen LogP contribution in [0.1, 0.15) is 22.4 Å². The summed E-state index contributed by atoms with van der Waals surface area (Å²) in [6, 6.07) is 23.8. The highest BCUT2D eigenvalue weighted by Gasteiger charge is 2.34. The summed E-state index contributed by atoms with van der Waals surface area (Å²) in [5.74, 6) is 0.0492. The van der Waals surface area contributed by atoms with Gasteiger partial charge in [0, 0.05) is 24.9 Å². The van der Waals surface area contributed by atoms with Crippen LogP contribution in [-0.4, -0.2) is 39.5 Å². The first-order valence-corrected chi connectivity index (χ1v) is 11.9. The molecule has 7 heteroatoms. The normalized spacial score (nSPS) is 14.8. The van der Waals surface area contributed by atoms with Crippen LogP contribution < -0.4 is 4.74 Å². The fraction of sp³-hybridized carbons (Fsp3) is 0.207. The van der Waals surface area contributed by atoms with Crippen molar-refractivity contribution in [1.82, 2.24) is 9.88 Å². The van der Waals surface area contributed by atoms with Crippen LogP contribution in [0.15, 0.2) is 89.5 Å². The number of nitrogens with zero attached hydrogens (tertiary/aromatic N) is 2. The molecule has 0 radical (unpaired) electrons. The third kappa shape index (κ3) is 5.30. The molecule has 7 nitrogen and oxygen atoms in total. The molecule has 2 heterocycles. The molecule has 36 heavy (non-hydrogen) atoms. The molecule has 4 aromatic rings. The van der Waals surface area contributed by atoms with Gasteiger partial charge in [-0.3, -0.25) is 4.79 Å². The van der Waals surface area contributed by atoms with Crippen LogP contribution in [0.25, 0.3) is 11.5 Å². The second kappa shape index (κ2) is 10.5. The van der Waals surface area contributed by atoms with E-state index in [1.807, 2.05) is 78.9 Å². The summed E-state index contributed by atoms with van der Waals surface area (Å²) in [7, 11) is 0. The number of amides is 1. The molecular formula is C29H26N2O5. The first kappa shape index (κ1) is 23.4. The zero-order valence-electron chi connectivity index (χ0n) is 19.7. The van der Waals surface area contributed by atoms with E-state index in [-0.39, 0.29) is 25.3 Å². The van der Waals surface area contributed by atoms with Gasteiger partial charge in [0.2, 0.25) is 11.8 Å². The maximum Gasteiger partial charge on any atom is 0.326 e. The zero-order chi connectivity index (χ0) is 24.9. The van der Waals surface area contributed by atoms with E-state index in [1.54, 1.807) is 6.26 Å². The van der Waals surface area contributed by atoms with Crippen LogP contribution in [0.4, 0.5) is 0 Å². The van der Waals surface area contributed by atoms with E-state index < -0.39 is 12.0 Å². The van der Waals surface area contributed by atoms with Crippen molar-refractivity contribution in [1.29, 1.82) is 0 Å². The molecule has 182 valence electrons. The lowest BCUT2D eigenvalue weighted by Crippen LogP contribution is -2.49. The van der Waals surface area contributed by atoms with E-state index in [0.29, 0.717) is 24.7 Å². The Bertz CT molecular complexity index is 1350. The third-order valence-electron chi connectivity index (χ3n) is 6.31. The number of hydrogen-bond donors (Lipinski definition) is 1. The van der Waals surface area contributed by atoms with Crippen molar-refractivity contribution in [3.8, 4) is 17.2 Å². The van der Waals surface area contributed by atoms with Crippen LogP contribution in [-0.2, 0) is 35.4 Å². The molecule has 1 aromatic heterocycles. The lowest BCUT2D eigenvalue weighted by molar-refractivity contribution is -0.151. The summed E-state index contributed by atoms with van der Waals surface area (Å²) < 4.78 is 11.5. The fourth-order valence-corrected chi connectivity index (χ4v) is 4.41. The number of oxazole rings is 1. The molecule has 0 fully saturated rings. The van der Waals surface area contributed by atoms with Gasteiger partial charge in [0.05, 0.1) is 18.7 Å². The molecule has 0 spiro atoms. The maximum atomic E-state index is 13.0. The Labute approximate surface area is 209 Å². The quantitative estimate of drug-likeness (QED) is 0.396. The third-order valence-corrected chi connectivity index (χ3v) is 6.31. The molecule has 1 amide bonds. The zero-order valence-corrected chi connectivity index (χ0v) is 19.7. The van der Waals surface area contributed by atoms with Crippen molar-refractivity contribution in [2.75, 3.05) is 6.61 Å². The van der Waals surface area contributed by atoms with Crippen LogP contribution >= 0.6 is 0 Å². The fourth-order valence-electron chi connectivity index (χ4n) is 4.41.